The predicted molar refractivity (Wildman–Crippen MR) is 71.8 cm³/mol. The van der Waals surface area contributed by atoms with Crippen LogP contribution in [0.25, 0.3) is 0 Å². The maximum absolute atomic E-state index is 10.5. The average molecular weight is 232 g/mol. The van der Waals surface area contributed by atoms with Gasteiger partial charge in [-0.2, -0.15) is 0 Å². The van der Waals surface area contributed by atoms with Crippen molar-refractivity contribution in [3.63, 3.8) is 0 Å². The summed E-state index contributed by atoms with van der Waals surface area (Å²) in [6.07, 6.45) is 0.620. The molecule has 1 aromatic rings. The van der Waals surface area contributed by atoms with Crippen molar-refractivity contribution < 1.29 is 5.11 Å². The third kappa shape index (κ3) is 3.51. The van der Waals surface area contributed by atoms with Crippen LogP contribution in [0.3, 0.4) is 0 Å². The molecule has 0 aliphatic rings. The summed E-state index contributed by atoms with van der Waals surface area (Å²) in [5.74, 6) is 3.07. The van der Waals surface area contributed by atoms with Crippen LogP contribution in [0.5, 0.6) is 0 Å². The van der Waals surface area contributed by atoms with Gasteiger partial charge in [0.15, 0.2) is 0 Å². The molecule has 0 heterocycles. The lowest BCUT2D eigenvalue weighted by atomic mass is 9.92. The van der Waals surface area contributed by atoms with Crippen molar-refractivity contribution in [2.45, 2.75) is 38.6 Å². The van der Waals surface area contributed by atoms with Crippen molar-refractivity contribution >= 4 is 8.07 Å². The number of hydrogen-bond donors (Lipinski definition) is 1. The first-order valence-corrected chi connectivity index (χ1v) is 9.19. The summed E-state index contributed by atoms with van der Waals surface area (Å²) < 4.78 is 0. The van der Waals surface area contributed by atoms with Gasteiger partial charge in [-0.3, -0.25) is 0 Å². The van der Waals surface area contributed by atoms with Gasteiger partial charge in [0.05, 0.1) is 0 Å². The first-order valence-electron chi connectivity index (χ1n) is 5.69. The van der Waals surface area contributed by atoms with Gasteiger partial charge in [-0.25, -0.2) is 0 Å². The molecule has 0 spiro atoms. The fourth-order valence-electron chi connectivity index (χ4n) is 1.37. The zero-order chi connectivity index (χ0) is 12.2. The van der Waals surface area contributed by atoms with Crippen LogP contribution in [0.15, 0.2) is 30.3 Å². The van der Waals surface area contributed by atoms with Gasteiger partial charge in [-0.1, -0.05) is 62.8 Å². The summed E-state index contributed by atoms with van der Waals surface area (Å²) in [5.41, 5.74) is 3.16. The van der Waals surface area contributed by atoms with Crippen molar-refractivity contribution in [3.8, 4) is 11.5 Å². The van der Waals surface area contributed by atoms with Gasteiger partial charge in [0, 0.05) is 0 Å². The first-order chi connectivity index (χ1) is 7.37. The van der Waals surface area contributed by atoms with Crippen LogP contribution in [0.1, 0.15) is 18.9 Å². The van der Waals surface area contributed by atoms with Gasteiger partial charge < -0.3 is 5.11 Å². The lowest BCUT2D eigenvalue weighted by Gasteiger charge is -2.21. The molecule has 0 aliphatic carbocycles. The van der Waals surface area contributed by atoms with E-state index in [2.05, 4.69) is 31.1 Å². The third-order valence-electron chi connectivity index (χ3n) is 2.41. The summed E-state index contributed by atoms with van der Waals surface area (Å²) in [5, 5.41) is 10.5. The minimum absolute atomic E-state index is 0.620. The highest BCUT2D eigenvalue weighted by Gasteiger charge is 2.24. The molecule has 1 rings (SSSR count). The molecule has 86 valence electrons. The second-order valence-electron chi connectivity index (χ2n) is 5.08. The summed E-state index contributed by atoms with van der Waals surface area (Å²) in [6.45, 7) is 8.51. The Morgan fingerprint density at radius 3 is 2.19 bits per heavy atom. The molecule has 0 saturated heterocycles. The Kier molecular flexibility index (Phi) is 3.96. The van der Waals surface area contributed by atoms with E-state index in [0.29, 0.717) is 6.42 Å². The molecule has 0 radical (unpaired) electrons. The van der Waals surface area contributed by atoms with Gasteiger partial charge in [-0.15, -0.1) is 5.54 Å². The van der Waals surface area contributed by atoms with E-state index in [9.17, 15) is 5.11 Å². The number of rotatable bonds is 2. The first kappa shape index (κ1) is 13.0. The molecule has 0 amide bonds. The van der Waals surface area contributed by atoms with Crippen molar-refractivity contribution in [1.29, 1.82) is 0 Å². The fraction of sp³-hybridized carbons (Fsp3) is 0.429. The molecule has 2 heteroatoms. The monoisotopic (exact) mass is 232 g/mol. The van der Waals surface area contributed by atoms with Crippen molar-refractivity contribution in [3.05, 3.63) is 35.9 Å². The van der Waals surface area contributed by atoms with Crippen LogP contribution < -0.4 is 0 Å². The minimum atomic E-state index is -1.44. The summed E-state index contributed by atoms with van der Waals surface area (Å²) in [7, 11) is -1.44. The van der Waals surface area contributed by atoms with E-state index in [4.69, 9.17) is 0 Å². The van der Waals surface area contributed by atoms with Gasteiger partial charge in [-0.05, 0) is 12.0 Å². The van der Waals surface area contributed by atoms with Gasteiger partial charge >= 0.3 is 0 Å². The molecule has 1 nitrogen and oxygen atoms in total. The smallest absolute Gasteiger partial charge is 0.150 e. The second kappa shape index (κ2) is 4.86. The Labute approximate surface area is 99.5 Å². The SMILES string of the molecule is CCC(O)(C#C[Si](C)(C)C)c1ccccc1. The zero-order valence-corrected chi connectivity index (χ0v) is 11.5. The molecule has 1 atom stereocenters. The van der Waals surface area contributed by atoms with E-state index >= 15 is 0 Å². The van der Waals surface area contributed by atoms with Crippen molar-refractivity contribution in [1.82, 2.24) is 0 Å². The van der Waals surface area contributed by atoms with E-state index in [-0.39, 0.29) is 0 Å². The Morgan fingerprint density at radius 2 is 1.75 bits per heavy atom. The molecule has 1 unspecified atom stereocenters. The lowest BCUT2D eigenvalue weighted by molar-refractivity contribution is 0.0960. The fourth-order valence-corrected chi connectivity index (χ4v) is 1.95. The molecule has 0 fully saturated rings. The number of aliphatic hydroxyl groups is 1. The van der Waals surface area contributed by atoms with Crippen LogP contribution in [0, 0.1) is 11.5 Å². The van der Waals surface area contributed by atoms with Crippen LogP contribution in [0.2, 0.25) is 19.6 Å². The second-order valence-corrected chi connectivity index (χ2v) is 9.83. The topological polar surface area (TPSA) is 20.2 Å². The highest BCUT2D eigenvalue weighted by atomic mass is 28.3. The Balaban J connectivity index is 3.08. The van der Waals surface area contributed by atoms with Gasteiger partial charge in [0.25, 0.3) is 0 Å². The van der Waals surface area contributed by atoms with Crippen molar-refractivity contribution in [2.75, 3.05) is 0 Å². The standard InChI is InChI=1S/C14H20OSi/c1-5-14(15,11-12-16(2,3)4)13-9-7-6-8-10-13/h6-10,15H,5H2,1-4H3. The minimum Gasteiger partial charge on any atom is -0.373 e. The van der Waals surface area contributed by atoms with E-state index in [1.54, 1.807) is 0 Å². The molecule has 16 heavy (non-hydrogen) atoms. The van der Waals surface area contributed by atoms with E-state index in [1.807, 2.05) is 37.3 Å². The van der Waals surface area contributed by atoms with E-state index in [0.717, 1.165) is 5.56 Å². The maximum atomic E-state index is 10.5. The maximum Gasteiger partial charge on any atom is 0.150 e. The van der Waals surface area contributed by atoms with Crippen LogP contribution in [0.4, 0.5) is 0 Å². The van der Waals surface area contributed by atoms with Gasteiger partial charge in [0.1, 0.15) is 13.7 Å². The number of benzene rings is 1. The summed E-state index contributed by atoms with van der Waals surface area (Å²) in [6, 6.07) is 9.69. The average Bonchev–Trinajstić information content (AvgIpc) is 2.26. The highest BCUT2D eigenvalue weighted by molar-refractivity contribution is 6.83. The lowest BCUT2D eigenvalue weighted by Crippen LogP contribution is -2.25. The molecule has 1 aromatic carbocycles. The largest absolute Gasteiger partial charge is 0.373 e. The Morgan fingerprint density at radius 1 is 1.19 bits per heavy atom. The van der Waals surface area contributed by atoms with Crippen LogP contribution in [-0.4, -0.2) is 13.2 Å². The quantitative estimate of drug-likeness (QED) is 0.613. The molecule has 1 N–H and O–H groups in total. The molecular weight excluding hydrogens is 212 g/mol. The third-order valence-corrected chi connectivity index (χ3v) is 3.28. The Bertz CT molecular complexity index is 394. The van der Waals surface area contributed by atoms with Crippen LogP contribution >= 0.6 is 0 Å². The normalized spacial score (nSPS) is 14.8. The summed E-state index contributed by atoms with van der Waals surface area (Å²) >= 11 is 0. The zero-order valence-electron chi connectivity index (χ0n) is 10.5. The molecule has 0 bridgehead atoms. The van der Waals surface area contributed by atoms with Gasteiger partial charge in [0.2, 0.25) is 0 Å². The summed E-state index contributed by atoms with van der Waals surface area (Å²) in [4.78, 5) is 0. The molecule has 0 aliphatic heterocycles. The molecule has 0 aromatic heterocycles. The van der Waals surface area contributed by atoms with Crippen LogP contribution in [-0.2, 0) is 5.60 Å². The predicted octanol–water partition coefficient (Wildman–Crippen LogP) is 3.17. The van der Waals surface area contributed by atoms with E-state index < -0.39 is 13.7 Å². The van der Waals surface area contributed by atoms with E-state index in [1.165, 1.54) is 0 Å². The number of hydrogen-bond acceptors (Lipinski definition) is 1. The highest BCUT2D eigenvalue weighted by Crippen LogP contribution is 2.23. The molecular formula is C14H20OSi. The Hall–Kier alpha value is -1.04. The van der Waals surface area contributed by atoms with Crippen molar-refractivity contribution in [2.24, 2.45) is 0 Å². The molecule has 0 saturated carbocycles.